The van der Waals surface area contributed by atoms with E-state index >= 15 is 0 Å². The van der Waals surface area contributed by atoms with E-state index in [9.17, 15) is 9.50 Å². The SMILES string of the molecule is Cc1ccc(C(O)CCN2CCCC(C)C2C)cc1F. The molecule has 0 radical (unpaired) electrons. The Hall–Kier alpha value is -0.930. The standard InChI is InChI=1S/C17H26FNO/c1-12-5-4-9-19(14(12)3)10-8-17(20)15-7-6-13(2)16(18)11-15/h6-7,11-12,14,17,20H,4-5,8-10H2,1-3H3. The van der Waals surface area contributed by atoms with E-state index in [1.807, 2.05) is 6.07 Å². The number of halogens is 1. The van der Waals surface area contributed by atoms with Crippen LogP contribution in [0, 0.1) is 18.7 Å². The fourth-order valence-electron chi connectivity index (χ4n) is 3.01. The number of aliphatic hydroxyl groups excluding tert-OH is 1. The van der Waals surface area contributed by atoms with Crippen molar-refractivity contribution in [2.75, 3.05) is 13.1 Å². The van der Waals surface area contributed by atoms with Crippen LogP contribution in [-0.4, -0.2) is 29.1 Å². The molecule has 1 N–H and O–H groups in total. The fraction of sp³-hybridized carbons (Fsp3) is 0.647. The Balaban J connectivity index is 1.91. The summed E-state index contributed by atoms with van der Waals surface area (Å²) in [6.45, 7) is 8.29. The lowest BCUT2D eigenvalue weighted by molar-refractivity contribution is 0.0839. The zero-order valence-corrected chi connectivity index (χ0v) is 12.8. The second-order valence-electron chi connectivity index (χ2n) is 6.21. The third kappa shape index (κ3) is 3.58. The first-order chi connectivity index (χ1) is 9.49. The molecular formula is C17H26FNO. The van der Waals surface area contributed by atoms with Crippen LogP contribution in [0.1, 0.15) is 50.3 Å². The van der Waals surface area contributed by atoms with E-state index in [-0.39, 0.29) is 5.82 Å². The van der Waals surface area contributed by atoms with Gasteiger partial charge in [0.15, 0.2) is 0 Å². The summed E-state index contributed by atoms with van der Waals surface area (Å²) in [7, 11) is 0. The van der Waals surface area contributed by atoms with Crippen LogP contribution in [0.15, 0.2) is 18.2 Å². The van der Waals surface area contributed by atoms with Gasteiger partial charge in [-0.2, -0.15) is 0 Å². The van der Waals surface area contributed by atoms with Crippen molar-refractivity contribution >= 4 is 0 Å². The summed E-state index contributed by atoms with van der Waals surface area (Å²) in [4.78, 5) is 2.45. The fourth-order valence-corrected chi connectivity index (χ4v) is 3.01. The van der Waals surface area contributed by atoms with Crippen LogP contribution in [0.4, 0.5) is 4.39 Å². The second kappa shape index (κ2) is 6.68. The van der Waals surface area contributed by atoms with Gasteiger partial charge in [0.2, 0.25) is 0 Å². The lowest BCUT2D eigenvalue weighted by Crippen LogP contribution is -2.43. The summed E-state index contributed by atoms with van der Waals surface area (Å²) in [5.41, 5.74) is 1.31. The molecule has 1 aromatic carbocycles. The topological polar surface area (TPSA) is 23.5 Å². The third-order valence-corrected chi connectivity index (χ3v) is 4.77. The van der Waals surface area contributed by atoms with Crippen LogP contribution in [0.25, 0.3) is 0 Å². The molecule has 1 aromatic rings. The van der Waals surface area contributed by atoms with Crippen molar-refractivity contribution in [3.63, 3.8) is 0 Å². The van der Waals surface area contributed by atoms with Crippen molar-refractivity contribution in [3.8, 4) is 0 Å². The molecule has 2 nitrogen and oxygen atoms in total. The van der Waals surface area contributed by atoms with E-state index in [1.165, 1.54) is 18.9 Å². The minimum atomic E-state index is -0.575. The maximum absolute atomic E-state index is 13.5. The molecule has 1 saturated heterocycles. The summed E-state index contributed by atoms with van der Waals surface area (Å²) < 4.78 is 13.5. The predicted molar refractivity (Wildman–Crippen MR) is 80.1 cm³/mol. The number of hydrogen-bond donors (Lipinski definition) is 1. The molecular weight excluding hydrogens is 253 g/mol. The first kappa shape index (κ1) is 15.5. The Morgan fingerprint density at radius 2 is 2.15 bits per heavy atom. The highest BCUT2D eigenvalue weighted by Gasteiger charge is 2.24. The molecule has 1 aliphatic heterocycles. The number of likely N-dealkylation sites (tertiary alicyclic amines) is 1. The van der Waals surface area contributed by atoms with Gasteiger partial charge < -0.3 is 10.0 Å². The van der Waals surface area contributed by atoms with Gasteiger partial charge in [-0.25, -0.2) is 4.39 Å². The maximum atomic E-state index is 13.5. The molecule has 0 aromatic heterocycles. The van der Waals surface area contributed by atoms with E-state index < -0.39 is 6.10 Å². The van der Waals surface area contributed by atoms with E-state index in [4.69, 9.17) is 0 Å². The van der Waals surface area contributed by atoms with Gasteiger partial charge in [0.1, 0.15) is 5.82 Å². The van der Waals surface area contributed by atoms with Gasteiger partial charge in [0.25, 0.3) is 0 Å². The lowest BCUT2D eigenvalue weighted by atomic mass is 9.91. The largest absolute Gasteiger partial charge is 0.388 e. The summed E-state index contributed by atoms with van der Waals surface area (Å²) >= 11 is 0. The van der Waals surface area contributed by atoms with Gasteiger partial charge in [-0.3, -0.25) is 0 Å². The number of hydrogen-bond acceptors (Lipinski definition) is 2. The van der Waals surface area contributed by atoms with Crippen LogP contribution < -0.4 is 0 Å². The normalized spacial score (nSPS) is 25.6. The molecule has 2 rings (SSSR count). The second-order valence-corrected chi connectivity index (χ2v) is 6.21. The molecule has 1 aliphatic rings. The first-order valence-electron chi connectivity index (χ1n) is 7.67. The smallest absolute Gasteiger partial charge is 0.126 e. The molecule has 112 valence electrons. The average Bonchev–Trinajstić information content (AvgIpc) is 2.43. The molecule has 3 atom stereocenters. The maximum Gasteiger partial charge on any atom is 0.126 e. The third-order valence-electron chi connectivity index (χ3n) is 4.77. The zero-order chi connectivity index (χ0) is 14.7. The van der Waals surface area contributed by atoms with Gasteiger partial charge in [-0.1, -0.05) is 19.1 Å². The van der Waals surface area contributed by atoms with Gasteiger partial charge in [0, 0.05) is 12.6 Å². The Morgan fingerprint density at radius 3 is 2.85 bits per heavy atom. The highest BCUT2D eigenvalue weighted by molar-refractivity contribution is 5.24. The summed E-state index contributed by atoms with van der Waals surface area (Å²) in [6.07, 6.45) is 2.62. The number of nitrogens with zero attached hydrogens (tertiary/aromatic N) is 1. The number of aliphatic hydroxyl groups is 1. The van der Waals surface area contributed by atoms with Crippen LogP contribution >= 0.6 is 0 Å². The van der Waals surface area contributed by atoms with Gasteiger partial charge in [-0.05, 0) is 62.8 Å². The average molecular weight is 279 g/mol. The van der Waals surface area contributed by atoms with E-state index in [0.29, 0.717) is 23.6 Å². The van der Waals surface area contributed by atoms with E-state index in [2.05, 4.69) is 18.7 Å². The molecule has 1 heterocycles. The van der Waals surface area contributed by atoms with Gasteiger partial charge in [0.05, 0.1) is 6.10 Å². The number of piperidine rings is 1. The van der Waals surface area contributed by atoms with Crippen molar-refractivity contribution in [2.45, 2.75) is 52.2 Å². The van der Waals surface area contributed by atoms with Gasteiger partial charge >= 0.3 is 0 Å². The number of aryl methyl sites for hydroxylation is 1. The van der Waals surface area contributed by atoms with Crippen LogP contribution in [-0.2, 0) is 0 Å². The molecule has 3 unspecified atom stereocenters. The monoisotopic (exact) mass is 279 g/mol. The number of benzene rings is 1. The Morgan fingerprint density at radius 1 is 1.40 bits per heavy atom. The van der Waals surface area contributed by atoms with Crippen LogP contribution in [0.5, 0.6) is 0 Å². The highest BCUT2D eigenvalue weighted by atomic mass is 19.1. The predicted octanol–water partition coefficient (Wildman–Crippen LogP) is 3.68. The Kier molecular flexibility index (Phi) is 5.17. The van der Waals surface area contributed by atoms with Crippen molar-refractivity contribution in [1.82, 2.24) is 4.90 Å². The minimum Gasteiger partial charge on any atom is -0.388 e. The Labute approximate surface area is 121 Å². The molecule has 0 bridgehead atoms. The molecule has 20 heavy (non-hydrogen) atoms. The van der Waals surface area contributed by atoms with Gasteiger partial charge in [-0.15, -0.1) is 0 Å². The van der Waals surface area contributed by atoms with Crippen molar-refractivity contribution in [2.24, 2.45) is 5.92 Å². The molecule has 0 aliphatic carbocycles. The molecule has 0 spiro atoms. The van der Waals surface area contributed by atoms with Crippen molar-refractivity contribution in [1.29, 1.82) is 0 Å². The quantitative estimate of drug-likeness (QED) is 0.909. The molecule has 3 heteroatoms. The van der Waals surface area contributed by atoms with E-state index in [1.54, 1.807) is 13.0 Å². The molecule has 1 fully saturated rings. The van der Waals surface area contributed by atoms with Crippen LogP contribution in [0.2, 0.25) is 0 Å². The molecule has 0 amide bonds. The summed E-state index contributed by atoms with van der Waals surface area (Å²) in [5, 5.41) is 10.2. The van der Waals surface area contributed by atoms with Crippen molar-refractivity contribution < 1.29 is 9.50 Å². The minimum absolute atomic E-state index is 0.235. The summed E-state index contributed by atoms with van der Waals surface area (Å²) in [5.74, 6) is 0.485. The molecule has 0 saturated carbocycles. The highest BCUT2D eigenvalue weighted by Crippen LogP contribution is 2.25. The number of rotatable bonds is 4. The van der Waals surface area contributed by atoms with E-state index in [0.717, 1.165) is 19.0 Å². The van der Waals surface area contributed by atoms with Crippen LogP contribution in [0.3, 0.4) is 0 Å². The Bertz CT molecular complexity index is 449. The lowest BCUT2D eigenvalue weighted by Gasteiger charge is -2.38. The first-order valence-corrected chi connectivity index (χ1v) is 7.67. The van der Waals surface area contributed by atoms with Crippen molar-refractivity contribution in [3.05, 3.63) is 35.1 Å². The summed E-state index contributed by atoms with van der Waals surface area (Å²) in [6, 6.07) is 5.60. The zero-order valence-electron chi connectivity index (χ0n) is 12.8.